The Balaban J connectivity index is 1.84. The second kappa shape index (κ2) is 6.85. The number of nitrogens with zero attached hydrogens (tertiary/aromatic N) is 2. The van der Waals surface area contributed by atoms with Gasteiger partial charge >= 0.3 is 0 Å². The second-order valence-corrected chi connectivity index (χ2v) is 5.56. The highest BCUT2D eigenvalue weighted by Crippen LogP contribution is 2.30. The number of nitrogens with one attached hydrogen (secondary N) is 1. The van der Waals surface area contributed by atoms with Crippen LogP contribution in [-0.2, 0) is 0 Å². The molecule has 5 nitrogen and oxygen atoms in total. The zero-order valence-corrected chi connectivity index (χ0v) is 13.5. The van der Waals surface area contributed by atoms with Gasteiger partial charge in [0.2, 0.25) is 0 Å². The Bertz CT molecular complexity index is 1030. The molecular formula is C20H15N3O2. The smallest absolute Gasteiger partial charge is 0.275 e. The third-order valence-electron chi connectivity index (χ3n) is 3.92. The Morgan fingerprint density at radius 3 is 2.80 bits per heavy atom. The van der Waals surface area contributed by atoms with Gasteiger partial charge in [0, 0.05) is 0 Å². The van der Waals surface area contributed by atoms with Crippen molar-refractivity contribution in [3.63, 3.8) is 0 Å². The number of benzene rings is 3. The summed E-state index contributed by atoms with van der Waals surface area (Å²) in [7, 11) is 0. The monoisotopic (exact) mass is 329 g/mol. The van der Waals surface area contributed by atoms with Crippen LogP contribution in [0.1, 0.15) is 27.0 Å². The first-order valence-corrected chi connectivity index (χ1v) is 7.65. The van der Waals surface area contributed by atoms with Gasteiger partial charge in [-0.05, 0) is 47.0 Å². The van der Waals surface area contributed by atoms with E-state index < -0.39 is 5.91 Å². The lowest BCUT2D eigenvalue weighted by Gasteiger charge is -2.09. The van der Waals surface area contributed by atoms with Crippen molar-refractivity contribution in [3.8, 4) is 11.8 Å². The van der Waals surface area contributed by atoms with Crippen molar-refractivity contribution in [1.29, 1.82) is 5.26 Å². The Hall–Kier alpha value is -3.65. The molecule has 0 aliphatic heterocycles. The fourth-order valence-electron chi connectivity index (χ4n) is 2.61. The van der Waals surface area contributed by atoms with Gasteiger partial charge in [-0.2, -0.15) is 10.4 Å². The molecule has 0 spiro atoms. The minimum atomic E-state index is -0.501. The number of aromatic hydroxyl groups is 1. The van der Waals surface area contributed by atoms with Crippen molar-refractivity contribution < 1.29 is 9.90 Å². The lowest BCUT2D eigenvalue weighted by Crippen LogP contribution is -2.18. The molecule has 0 aliphatic carbocycles. The summed E-state index contributed by atoms with van der Waals surface area (Å²) in [6.07, 6.45) is 1.45. The summed E-state index contributed by atoms with van der Waals surface area (Å²) in [5.41, 5.74) is 4.42. The van der Waals surface area contributed by atoms with Crippen molar-refractivity contribution in [1.82, 2.24) is 5.43 Å². The lowest BCUT2D eigenvalue weighted by atomic mass is 10.00. The van der Waals surface area contributed by atoms with E-state index in [1.54, 1.807) is 37.3 Å². The Morgan fingerprint density at radius 2 is 2.00 bits per heavy atom. The van der Waals surface area contributed by atoms with Gasteiger partial charge in [0.1, 0.15) is 5.75 Å². The highest BCUT2D eigenvalue weighted by molar-refractivity contribution is 6.03. The molecule has 0 radical (unpaired) electrons. The number of amides is 1. The number of carbonyl (C=O) groups excluding carboxylic acids is 1. The maximum atomic E-state index is 12.3. The van der Waals surface area contributed by atoms with E-state index in [1.807, 2.05) is 30.3 Å². The Labute approximate surface area is 144 Å². The highest BCUT2D eigenvalue weighted by Gasteiger charge is 2.15. The number of hydrogen-bond acceptors (Lipinski definition) is 4. The molecule has 3 aromatic carbocycles. The number of fused-ring (bicyclic) bond motifs is 1. The number of nitriles is 1. The number of aryl methyl sites for hydroxylation is 1. The molecule has 0 aliphatic rings. The largest absolute Gasteiger partial charge is 0.507 e. The van der Waals surface area contributed by atoms with Gasteiger partial charge in [-0.15, -0.1) is 0 Å². The van der Waals surface area contributed by atoms with Gasteiger partial charge < -0.3 is 5.11 Å². The van der Waals surface area contributed by atoms with E-state index in [-0.39, 0.29) is 11.3 Å². The van der Waals surface area contributed by atoms with Crippen LogP contribution in [0, 0.1) is 18.3 Å². The Kier molecular flexibility index (Phi) is 4.44. The number of phenolic OH excluding ortho intramolecular Hbond substituents is 1. The first-order valence-electron chi connectivity index (χ1n) is 7.65. The molecule has 0 aromatic heterocycles. The molecule has 2 N–H and O–H groups in total. The zero-order chi connectivity index (χ0) is 17.8. The molecular weight excluding hydrogens is 314 g/mol. The quantitative estimate of drug-likeness (QED) is 0.570. The summed E-state index contributed by atoms with van der Waals surface area (Å²) >= 11 is 0. The topological polar surface area (TPSA) is 85.5 Å². The van der Waals surface area contributed by atoms with Crippen molar-refractivity contribution in [2.45, 2.75) is 6.92 Å². The summed E-state index contributed by atoms with van der Waals surface area (Å²) in [4.78, 5) is 12.3. The van der Waals surface area contributed by atoms with Gasteiger partial charge in [0.05, 0.1) is 23.4 Å². The molecule has 0 unspecified atom stereocenters. The predicted molar refractivity (Wildman–Crippen MR) is 96.6 cm³/mol. The van der Waals surface area contributed by atoms with E-state index in [0.717, 1.165) is 10.8 Å². The van der Waals surface area contributed by atoms with E-state index in [4.69, 9.17) is 5.26 Å². The van der Waals surface area contributed by atoms with Crippen LogP contribution in [0.4, 0.5) is 0 Å². The SMILES string of the molecule is Cc1c(O)c(C(=O)N/N=C\c2cccc(C#N)c2)cc2ccccc12. The van der Waals surface area contributed by atoms with Gasteiger partial charge in [-0.25, -0.2) is 5.43 Å². The zero-order valence-electron chi connectivity index (χ0n) is 13.5. The maximum absolute atomic E-state index is 12.3. The van der Waals surface area contributed by atoms with Crippen LogP contribution in [0.3, 0.4) is 0 Å². The minimum Gasteiger partial charge on any atom is -0.507 e. The number of hydrogen-bond donors (Lipinski definition) is 2. The van der Waals surface area contributed by atoms with Crippen molar-refractivity contribution in [2.75, 3.05) is 0 Å². The number of carbonyl (C=O) groups is 1. The first-order chi connectivity index (χ1) is 12.1. The number of phenols is 1. The second-order valence-electron chi connectivity index (χ2n) is 5.56. The molecule has 1 amide bonds. The first kappa shape index (κ1) is 16.2. The number of hydrazone groups is 1. The van der Waals surface area contributed by atoms with Crippen LogP contribution in [0.2, 0.25) is 0 Å². The summed E-state index contributed by atoms with van der Waals surface area (Å²) in [5.74, 6) is -0.558. The predicted octanol–water partition coefficient (Wildman–Crippen LogP) is 3.49. The fraction of sp³-hybridized carbons (Fsp3) is 0.0500. The molecule has 25 heavy (non-hydrogen) atoms. The molecule has 0 saturated carbocycles. The molecule has 0 bridgehead atoms. The molecule has 0 fully saturated rings. The summed E-state index contributed by atoms with van der Waals surface area (Å²) in [6, 6.07) is 18.1. The van der Waals surface area contributed by atoms with Crippen LogP contribution < -0.4 is 5.43 Å². The molecule has 3 aromatic rings. The molecule has 0 heterocycles. The van der Waals surface area contributed by atoms with Gasteiger partial charge in [-0.1, -0.05) is 36.4 Å². The third kappa shape index (κ3) is 3.33. The van der Waals surface area contributed by atoms with Crippen molar-refractivity contribution in [2.24, 2.45) is 5.10 Å². The van der Waals surface area contributed by atoms with E-state index in [0.29, 0.717) is 16.7 Å². The van der Waals surface area contributed by atoms with Gasteiger partial charge in [-0.3, -0.25) is 4.79 Å². The van der Waals surface area contributed by atoms with Crippen LogP contribution in [0.15, 0.2) is 59.7 Å². The van der Waals surface area contributed by atoms with E-state index in [2.05, 4.69) is 10.5 Å². The average Bonchev–Trinajstić information content (AvgIpc) is 2.64. The normalized spacial score (nSPS) is 10.7. The minimum absolute atomic E-state index is 0.0575. The summed E-state index contributed by atoms with van der Waals surface area (Å²) in [5, 5.41) is 24.8. The molecule has 122 valence electrons. The van der Waals surface area contributed by atoms with E-state index >= 15 is 0 Å². The van der Waals surface area contributed by atoms with Crippen LogP contribution >= 0.6 is 0 Å². The van der Waals surface area contributed by atoms with Crippen LogP contribution in [-0.4, -0.2) is 17.2 Å². The molecule has 3 rings (SSSR count). The van der Waals surface area contributed by atoms with Crippen LogP contribution in [0.5, 0.6) is 5.75 Å². The molecule has 5 heteroatoms. The number of rotatable bonds is 3. The highest BCUT2D eigenvalue weighted by atomic mass is 16.3. The van der Waals surface area contributed by atoms with E-state index in [1.165, 1.54) is 6.21 Å². The van der Waals surface area contributed by atoms with Crippen molar-refractivity contribution in [3.05, 3.63) is 76.9 Å². The maximum Gasteiger partial charge on any atom is 0.275 e. The Morgan fingerprint density at radius 1 is 1.20 bits per heavy atom. The van der Waals surface area contributed by atoms with Crippen LogP contribution in [0.25, 0.3) is 10.8 Å². The van der Waals surface area contributed by atoms with Crippen molar-refractivity contribution >= 4 is 22.9 Å². The van der Waals surface area contributed by atoms with Gasteiger partial charge in [0.15, 0.2) is 0 Å². The average molecular weight is 329 g/mol. The van der Waals surface area contributed by atoms with Gasteiger partial charge in [0.25, 0.3) is 5.91 Å². The molecule has 0 saturated heterocycles. The van der Waals surface area contributed by atoms with E-state index in [9.17, 15) is 9.90 Å². The summed E-state index contributed by atoms with van der Waals surface area (Å²) < 4.78 is 0. The summed E-state index contributed by atoms with van der Waals surface area (Å²) in [6.45, 7) is 1.77. The third-order valence-corrected chi connectivity index (χ3v) is 3.92. The molecule has 0 atom stereocenters. The fourth-order valence-corrected chi connectivity index (χ4v) is 2.61. The lowest BCUT2D eigenvalue weighted by molar-refractivity contribution is 0.0952. The standard InChI is InChI=1S/C20H15N3O2/c1-13-17-8-3-2-7-16(17)10-18(19(13)24)20(25)23-22-12-15-6-4-5-14(9-15)11-21/h2-10,12,24H,1H3,(H,23,25)/b22-12-.